The molecule has 0 saturated carbocycles. The second kappa shape index (κ2) is 26.2. The molecule has 0 saturated heterocycles. The van der Waals surface area contributed by atoms with E-state index in [-0.39, 0.29) is 0 Å². The molecule has 2 aromatic heterocycles. The molecule has 18 aromatic rings. The lowest BCUT2D eigenvalue weighted by molar-refractivity contribution is 0.436. The van der Waals surface area contributed by atoms with Crippen LogP contribution in [0.25, 0.3) is 134 Å². The van der Waals surface area contributed by atoms with Gasteiger partial charge in [-0.25, -0.2) is 19.9 Å². The zero-order valence-corrected chi connectivity index (χ0v) is 59.7. The molecule has 0 unspecified atom stereocenters. The highest BCUT2D eigenvalue weighted by atomic mass is 16.5. The van der Waals surface area contributed by atoms with Gasteiger partial charge in [0.15, 0.2) is 11.6 Å². The first-order chi connectivity index (χ1) is 54.5. The van der Waals surface area contributed by atoms with Crippen LogP contribution in [-0.4, -0.2) is 19.9 Å². The number of para-hydroxylation sites is 2. The third kappa shape index (κ3) is 10.5. The summed E-state index contributed by atoms with van der Waals surface area (Å²) in [6.45, 7) is 0. The summed E-state index contributed by atoms with van der Waals surface area (Å²) in [6, 6.07) is 142. The van der Waals surface area contributed by atoms with E-state index in [2.05, 4.69) is 382 Å². The fourth-order valence-corrected chi connectivity index (χ4v) is 17.6. The van der Waals surface area contributed by atoms with E-state index in [0.717, 1.165) is 124 Å². The molecule has 6 heteroatoms. The Bertz CT molecular complexity index is 6560. The molecule has 6 nitrogen and oxygen atoms in total. The van der Waals surface area contributed by atoms with Gasteiger partial charge in [0.05, 0.1) is 33.6 Å². The van der Waals surface area contributed by atoms with Crippen molar-refractivity contribution in [2.75, 3.05) is 0 Å². The summed E-state index contributed by atoms with van der Waals surface area (Å²) in [7, 11) is 0. The lowest BCUT2D eigenvalue weighted by atomic mass is 9.66. The SMILES string of the molecule is c1ccc(-c2cc(-c3ccc4ccccc4c3)nc(-c3ccc(-c4ccc5c(c4)Oc4ccccc4C54c5ccccc5-c5ccccc54)cc3)n2)cc1.c1ccc(-c2cc(-c3ccccc3-c3ccccc3)nc(-c3ccc(-c4ccc5c(c4)Oc4ccccc4C54c5ccccc5-c5ccccc54)cc3)n2)cc1. The van der Waals surface area contributed by atoms with Gasteiger partial charge in [0, 0.05) is 55.6 Å². The molecule has 2 aliphatic carbocycles. The summed E-state index contributed by atoms with van der Waals surface area (Å²) in [5, 5.41) is 2.39. The lowest BCUT2D eigenvalue weighted by Gasteiger charge is -2.39. The maximum absolute atomic E-state index is 6.78. The summed E-state index contributed by atoms with van der Waals surface area (Å²) in [5.41, 5.74) is 30.3. The Labute approximate surface area is 638 Å². The van der Waals surface area contributed by atoms with Crippen LogP contribution < -0.4 is 9.47 Å². The van der Waals surface area contributed by atoms with Crippen molar-refractivity contribution in [1.29, 1.82) is 0 Å². The molecular weight excluding hydrogens is 1340 g/mol. The second-order valence-electron chi connectivity index (χ2n) is 28.6. The minimum atomic E-state index is -0.475. The van der Waals surface area contributed by atoms with Crippen LogP contribution in [0.1, 0.15) is 44.5 Å². The minimum absolute atomic E-state index is 0.469. The Morgan fingerprint density at radius 3 is 0.927 bits per heavy atom. The number of hydrogen-bond acceptors (Lipinski definition) is 6. The third-order valence-corrected chi connectivity index (χ3v) is 22.6. The zero-order valence-electron chi connectivity index (χ0n) is 59.7. The van der Waals surface area contributed by atoms with Crippen molar-refractivity contribution in [1.82, 2.24) is 19.9 Å². The predicted octanol–water partition coefficient (Wildman–Crippen LogP) is 26.0. The van der Waals surface area contributed by atoms with Gasteiger partial charge in [0.25, 0.3) is 0 Å². The van der Waals surface area contributed by atoms with Gasteiger partial charge in [-0.15, -0.1) is 0 Å². The van der Waals surface area contributed by atoms with Crippen LogP contribution in [0.4, 0.5) is 0 Å². The molecule has 514 valence electrons. The summed E-state index contributed by atoms with van der Waals surface area (Å²) in [6.07, 6.45) is 0. The normalized spacial score (nSPS) is 13.0. The molecule has 2 spiro atoms. The Kier molecular flexibility index (Phi) is 15.3. The largest absolute Gasteiger partial charge is 0.457 e. The number of hydrogen-bond donors (Lipinski definition) is 0. The van der Waals surface area contributed by atoms with Gasteiger partial charge in [-0.1, -0.05) is 358 Å². The van der Waals surface area contributed by atoms with Crippen molar-refractivity contribution in [3.05, 3.63) is 445 Å². The van der Waals surface area contributed by atoms with E-state index in [1.165, 1.54) is 66.4 Å². The average molecular weight is 1400 g/mol. The highest BCUT2D eigenvalue weighted by Gasteiger charge is 2.52. The fraction of sp³-hybridized carbons (Fsp3) is 0.0192. The molecule has 0 radical (unpaired) electrons. The summed E-state index contributed by atoms with van der Waals surface area (Å²) in [5.74, 6) is 4.90. The minimum Gasteiger partial charge on any atom is -0.457 e. The molecule has 22 rings (SSSR count). The quantitative estimate of drug-likeness (QED) is 0.143. The highest BCUT2D eigenvalue weighted by Crippen LogP contribution is 2.64. The first kappa shape index (κ1) is 64.0. The van der Waals surface area contributed by atoms with E-state index < -0.39 is 10.8 Å². The second-order valence-corrected chi connectivity index (χ2v) is 28.6. The molecule has 0 amide bonds. The Balaban J connectivity index is 0.000000140. The van der Waals surface area contributed by atoms with Crippen LogP contribution >= 0.6 is 0 Å². The van der Waals surface area contributed by atoms with Gasteiger partial charge in [0.2, 0.25) is 0 Å². The zero-order chi connectivity index (χ0) is 72.7. The first-order valence-electron chi connectivity index (χ1n) is 37.5. The molecule has 110 heavy (non-hydrogen) atoms. The van der Waals surface area contributed by atoms with Gasteiger partial charge in [-0.05, 0) is 131 Å². The summed E-state index contributed by atoms with van der Waals surface area (Å²) in [4.78, 5) is 20.6. The average Bonchev–Trinajstić information content (AvgIpc) is 1.51. The lowest BCUT2D eigenvalue weighted by Crippen LogP contribution is -2.32. The van der Waals surface area contributed by atoms with E-state index >= 15 is 0 Å². The van der Waals surface area contributed by atoms with E-state index in [4.69, 9.17) is 29.4 Å². The molecule has 0 fully saturated rings. The van der Waals surface area contributed by atoms with Crippen LogP contribution in [0.2, 0.25) is 0 Å². The van der Waals surface area contributed by atoms with Gasteiger partial charge >= 0.3 is 0 Å². The molecular formula is C104H66N4O2. The third-order valence-electron chi connectivity index (χ3n) is 22.6. The number of benzene rings is 16. The molecule has 2 aliphatic heterocycles. The highest BCUT2D eigenvalue weighted by molar-refractivity contribution is 5.93. The van der Waals surface area contributed by atoms with Crippen molar-refractivity contribution in [2.45, 2.75) is 10.8 Å². The van der Waals surface area contributed by atoms with Crippen molar-refractivity contribution in [3.8, 4) is 146 Å². The summed E-state index contributed by atoms with van der Waals surface area (Å²) < 4.78 is 13.5. The van der Waals surface area contributed by atoms with Crippen LogP contribution in [-0.2, 0) is 10.8 Å². The summed E-state index contributed by atoms with van der Waals surface area (Å²) >= 11 is 0. The predicted molar refractivity (Wildman–Crippen MR) is 445 cm³/mol. The Morgan fingerprint density at radius 1 is 0.164 bits per heavy atom. The van der Waals surface area contributed by atoms with E-state index in [1.54, 1.807) is 0 Å². The van der Waals surface area contributed by atoms with Crippen molar-refractivity contribution in [3.63, 3.8) is 0 Å². The van der Waals surface area contributed by atoms with Crippen molar-refractivity contribution in [2.24, 2.45) is 0 Å². The monoisotopic (exact) mass is 1400 g/mol. The fourth-order valence-electron chi connectivity index (χ4n) is 17.6. The van der Waals surface area contributed by atoms with Crippen LogP contribution in [0, 0.1) is 0 Å². The molecule has 4 aliphatic rings. The molecule has 16 aromatic carbocycles. The van der Waals surface area contributed by atoms with Gasteiger partial charge in [-0.2, -0.15) is 0 Å². The standard InChI is InChI=1S/C53H34N2O.C51H32N2O/c1-3-15-36(16-4-1)40-19-7-8-22-43(40)49-34-48(37-17-5-2-6-18-37)54-52(55-49)38-29-27-35(28-30-38)39-31-32-47-51(33-39)56-50-26-14-13-25-46(50)53(47)44-23-11-9-20-41(44)42-21-10-12-24-45(42)53;1-2-13-35(14-3-1)46-32-47(39-27-24-33-12-4-5-15-37(33)30-39)53-50(52-46)36-25-22-34(23-26-36)38-28-29-45-49(31-38)54-48-21-11-10-20-44(48)51(45)42-18-8-6-16-40(42)41-17-7-9-19-43(41)51/h1-34H;1-32H. The first-order valence-corrected chi connectivity index (χ1v) is 37.5. The van der Waals surface area contributed by atoms with E-state index in [1.807, 2.05) is 18.2 Å². The van der Waals surface area contributed by atoms with Crippen LogP contribution in [0.5, 0.6) is 23.0 Å². The maximum Gasteiger partial charge on any atom is 0.160 e. The molecule has 0 N–H and O–H groups in total. The van der Waals surface area contributed by atoms with Crippen LogP contribution in [0.3, 0.4) is 0 Å². The molecule has 4 heterocycles. The van der Waals surface area contributed by atoms with Crippen molar-refractivity contribution >= 4 is 10.8 Å². The number of rotatable bonds is 9. The van der Waals surface area contributed by atoms with Gasteiger partial charge in [0.1, 0.15) is 23.0 Å². The van der Waals surface area contributed by atoms with E-state index in [9.17, 15) is 0 Å². The van der Waals surface area contributed by atoms with E-state index in [0.29, 0.717) is 11.6 Å². The topological polar surface area (TPSA) is 70.0 Å². The maximum atomic E-state index is 6.78. The molecule has 0 bridgehead atoms. The van der Waals surface area contributed by atoms with Gasteiger partial charge in [-0.3, -0.25) is 0 Å². The Morgan fingerprint density at radius 2 is 0.473 bits per heavy atom. The number of nitrogens with zero attached hydrogens (tertiary/aromatic N) is 4. The van der Waals surface area contributed by atoms with Gasteiger partial charge < -0.3 is 9.47 Å². The smallest absolute Gasteiger partial charge is 0.160 e. The Hall–Kier alpha value is -14.5. The number of ether oxygens (including phenoxy) is 2. The van der Waals surface area contributed by atoms with Crippen molar-refractivity contribution < 1.29 is 9.47 Å². The number of fused-ring (bicyclic) bond motifs is 19. The molecule has 0 atom stereocenters. The number of aromatic nitrogens is 4. The van der Waals surface area contributed by atoms with Crippen LogP contribution in [0.15, 0.2) is 400 Å².